The predicted octanol–water partition coefficient (Wildman–Crippen LogP) is 2.96. The molecule has 2 rings (SSSR count). The van der Waals surface area contributed by atoms with Crippen LogP contribution in [0.15, 0.2) is 12.7 Å². The molecule has 1 unspecified atom stereocenters. The summed E-state index contributed by atoms with van der Waals surface area (Å²) in [4.78, 5) is 69.3. The van der Waals surface area contributed by atoms with E-state index in [-0.39, 0.29) is 30.8 Å². The Kier molecular flexibility index (Phi) is 14.5. The van der Waals surface area contributed by atoms with Crippen LogP contribution in [-0.2, 0) is 29.2 Å². The Balaban J connectivity index is 2.39. The Bertz CT molecular complexity index is 1330. The van der Waals surface area contributed by atoms with Gasteiger partial charge in [-0.15, -0.1) is 6.58 Å². The molecule has 5 atom stereocenters. The number of likely N-dealkylation sites (N-methyl/N-ethyl adjacent to an activating group) is 1. The summed E-state index contributed by atoms with van der Waals surface area (Å²) in [6, 6.07) is -4.19. The van der Waals surface area contributed by atoms with Crippen molar-refractivity contribution in [2.45, 2.75) is 125 Å². The van der Waals surface area contributed by atoms with Gasteiger partial charge in [-0.3, -0.25) is 19.2 Å². The summed E-state index contributed by atoms with van der Waals surface area (Å²) in [5.74, 6) is -2.41. The minimum Gasteiger partial charge on any atom is -0.346 e. The third-order valence-corrected chi connectivity index (χ3v) is 11.5. The molecule has 280 valence electrons. The molecule has 0 radical (unpaired) electrons. The van der Waals surface area contributed by atoms with Gasteiger partial charge < -0.3 is 26.2 Å². The van der Waals surface area contributed by atoms with E-state index in [0.29, 0.717) is 19.4 Å². The molecule has 49 heavy (non-hydrogen) atoms. The Morgan fingerprint density at radius 1 is 1.00 bits per heavy atom. The predicted molar refractivity (Wildman–Crippen MR) is 191 cm³/mol. The summed E-state index contributed by atoms with van der Waals surface area (Å²) in [6.07, 6.45) is 7.54. The minimum absolute atomic E-state index is 0.0303. The van der Waals surface area contributed by atoms with E-state index in [4.69, 9.17) is 0 Å². The Labute approximate surface area is 294 Å². The fourth-order valence-electron chi connectivity index (χ4n) is 6.41. The van der Waals surface area contributed by atoms with Gasteiger partial charge in [-0.05, 0) is 47.8 Å². The molecular weight excluding hydrogens is 648 g/mol. The minimum atomic E-state index is -3.51. The van der Waals surface area contributed by atoms with E-state index in [0.717, 1.165) is 31.9 Å². The normalized spacial score (nSPS) is 20.9. The second-order valence-corrected chi connectivity index (χ2v) is 18.2. The average Bonchev–Trinajstić information content (AvgIpc) is 3.67. The van der Waals surface area contributed by atoms with Crippen LogP contribution in [0.5, 0.6) is 0 Å². The van der Waals surface area contributed by atoms with Crippen molar-refractivity contribution in [3.8, 4) is 0 Å². The number of sulfonamides is 1. The van der Waals surface area contributed by atoms with Crippen molar-refractivity contribution in [3.05, 3.63) is 12.7 Å². The SMILES string of the molecule is C=CCNC(=O)C(=O)C(CCCC)NC(=O)[C@@H]1C[C@@H](C2(CC)CC2)CN1C(=O)[C@@H](NC(=O)N[C@H](CN(C)S(C)(=O)=O)C(C)(C)C)C(C)(C)C. The van der Waals surface area contributed by atoms with Gasteiger partial charge in [0.05, 0.1) is 12.3 Å². The first-order valence-electron chi connectivity index (χ1n) is 17.5. The van der Waals surface area contributed by atoms with Gasteiger partial charge in [-0.1, -0.05) is 80.7 Å². The highest BCUT2D eigenvalue weighted by molar-refractivity contribution is 7.88. The average molecular weight is 711 g/mol. The fourth-order valence-corrected chi connectivity index (χ4v) is 6.83. The Hall–Kier alpha value is -3.00. The quantitative estimate of drug-likeness (QED) is 0.133. The molecule has 5 amide bonds. The van der Waals surface area contributed by atoms with Crippen molar-refractivity contribution in [2.24, 2.45) is 22.2 Å². The van der Waals surface area contributed by atoms with Gasteiger partial charge in [0.25, 0.3) is 5.91 Å². The lowest BCUT2D eigenvalue weighted by Gasteiger charge is -2.37. The number of likely N-dealkylation sites (tertiary alicyclic amines) is 1. The standard InChI is InChI=1S/C35H62N6O7S/c1-12-15-16-24(27(42)30(44)36-19-13-2)37-29(43)25-20-23(35(14-3)17-18-35)21-41(25)31(45)28(34(7,8)9)39-32(46)38-26(33(4,5)6)22-40(10)49(11,47)48/h13,23-26,28H,2,12,14-22H2,1,3-11H3,(H,36,44)(H,37,43)(H2,38,39,46)/t23-,24?,25+,26-,28-/m1/s1. The number of hydrogen-bond donors (Lipinski definition) is 4. The number of carbonyl (C=O) groups is 5. The van der Waals surface area contributed by atoms with E-state index < -0.39 is 74.6 Å². The zero-order chi connectivity index (χ0) is 37.5. The second kappa shape index (κ2) is 16.8. The highest BCUT2D eigenvalue weighted by Gasteiger charge is 2.55. The molecule has 0 aromatic heterocycles. The largest absolute Gasteiger partial charge is 0.346 e. The van der Waals surface area contributed by atoms with Crippen molar-refractivity contribution in [3.63, 3.8) is 0 Å². The van der Waals surface area contributed by atoms with E-state index in [1.165, 1.54) is 17.4 Å². The van der Waals surface area contributed by atoms with Crippen LogP contribution >= 0.6 is 0 Å². The number of Topliss-reactive ketones (excluding diaryl/α,β-unsaturated/α-hetero) is 1. The number of unbranched alkanes of at least 4 members (excludes halogenated alkanes) is 1. The number of nitrogens with one attached hydrogen (secondary N) is 4. The molecule has 1 heterocycles. The number of nitrogens with zero attached hydrogens (tertiary/aromatic N) is 2. The molecule has 2 aliphatic rings. The monoisotopic (exact) mass is 710 g/mol. The van der Waals surface area contributed by atoms with Gasteiger partial charge in [0.1, 0.15) is 12.1 Å². The van der Waals surface area contributed by atoms with Crippen LogP contribution in [0.2, 0.25) is 0 Å². The highest BCUT2D eigenvalue weighted by atomic mass is 32.2. The summed E-state index contributed by atoms with van der Waals surface area (Å²) in [5.41, 5.74) is -1.25. The third kappa shape index (κ3) is 11.5. The number of ketones is 1. The van der Waals surface area contributed by atoms with Gasteiger partial charge in [0, 0.05) is 32.7 Å². The highest BCUT2D eigenvalue weighted by Crippen LogP contribution is 2.58. The van der Waals surface area contributed by atoms with Crippen LogP contribution in [0, 0.1) is 22.2 Å². The van der Waals surface area contributed by atoms with Gasteiger partial charge >= 0.3 is 6.03 Å². The molecule has 0 bridgehead atoms. The van der Waals surface area contributed by atoms with Gasteiger partial charge in [0.2, 0.25) is 27.6 Å². The first-order valence-corrected chi connectivity index (χ1v) is 19.4. The zero-order valence-electron chi connectivity index (χ0n) is 31.4. The first-order chi connectivity index (χ1) is 22.5. The van der Waals surface area contributed by atoms with E-state index >= 15 is 0 Å². The van der Waals surface area contributed by atoms with Crippen molar-refractivity contribution in [2.75, 3.05) is 32.9 Å². The lowest BCUT2D eigenvalue weighted by molar-refractivity contribution is -0.143. The lowest BCUT2D eigenvalue weighted by atomic mass is 9.84. The van der Waals surface area contributed by atoms with E-state index in [9.17, 15) is 32.4 Å². The smallest absolute Gasteiger partial charge is 0.315 e. The zero-order valence-corrected chi connectivity index (χ0v) is 32.2. The molecular formula is C35H62N6O7S. The maximum atomic E-state index is 14.5. The molecule has 0 aromatic rings. The summed E-state index contributed by atoms with van der Waals surface area (Å²) in [5, 5.41) is 11.1. The molecule has 13 nitrogen and oxygen atoms in total. The Morgan fingerprint density at radius 2 is 1.61 bits per heavy atom. The maximum Gasteiger partial charge on any atom is 0.315 e. The van der Waals surface area contributed by atoms with Crippen LogP contribution in [-0.4, -0.2) is 104 Å². The first kappa shape index (κ1) is 42.2. The number of hydrogen-bond acceptors (Lipinski definition) is 7. The van der Waals surface area contributed by atoms with E-state index in [2.05, 4.69) is 34.8 Å². The Morgan fingerprint density at radius 3 is 2.08 bits per heavy atom. The van der Waals surface area contributed by atoms with E-state index in [1.807, 2.05) is 48.5 Å². The van der Waals surface area contributed by atoms with Gasteiger partial charge in [-0.25, -0.2) is 17.5 Å². The molecule has 1 saturated carbocycles. The topological polar surface area (TPSA) is 174 Å². The van der Waals surface area contributed by atoms with E-state index in [1.54, 1.807) is 4.90 Å². The van der Waals surface area contributed by atoms with Gasteiger partial charge in [-0.2, -0.15) is 0 Å². The fraction of sp³-hybridized carbons (Fsp3) is 0.800. The molecule has 1 saturated heterocycles. The van der Waals surface area contributed by atoms with Crippen LogP contribution in [0.4, 0.5) is 4.79 Å². The number of urea groups is 1. The molecule has 1 aliphatic carbocycles. The van der Waals surface area contributed by atoms with Crippen molar-refractivity contribution in [1.29, 1.82) is 0 Å². The summed E-state index contributed by atoms with van der Waals surface area (Å²) >= 11 is 0. The number of rotatable bonds is 17. The van der Waals surface area contributed by atoms with Crippen LogP contribution in [0.25, 0.3) is 0 Å². The summed E-state index contributed by atoms with van der Waals surface area (Å²) in [6.45, 7) is 19.2. The molecule has 14 heteroatoms. The van der Waals surface area contributed by atoms with Crippen LogP contribution in [0.3, 0.4) is 0 Å². The number of amides is 5. The van der Waals surface area contributed by atoms with Crippen LogP contribution < -0.4 is 21.3 Å². The maximum absolute atomic E-state index is 14.5. The molecule has 0 spiro atoms. The van der Waals surface area contributed by atoms with Crippen LogP contribution in [0.1, 0.15) is 100 Å². The summed E-state index contributed by atoms with van der Waals surface area (Å²) < 4.78 is 25.4. The molecule has 4 N–H and O–H groups in total. The molecule has 0 aromatic carbocycles. The number of carbonyl (C=O) groups excluding carboxylic acids is 5. The van der Waals surface area contributed by atoms with Gasteiger partial charge in [0.15, 0.2) is 0 Å². The molecule has 1 aliphatic heterocycles. The van der Waals surface area contributed by atoms with Crippen molar-refractivity contribution < 1.29 is 32.4 Å². The lowest BCUT2D eigenvalue weighted by Crippen LogP contribution is -2.61. The molecule has 2 fully saturated rings. The second-order valence-electron chi connectivity index (χ2n) is 16.1. The summed E-state index contributed by atoms with van der Waals surface area (Å²) in [7, 11) is -2.06. The third-order valence-electron chi connectivity index (χ3n) is 10.2. The van der Waals surface area contributed by atoms with Crippen molar-refractivity contribution >= 4 is 39.6 Å². The van der Waals surface area contributed by atoms with Crippen molar-refractivity contribution in [1.82, 2.24) is 30.5 Å².